The second kappa shape index (κ2) is 9.36. The number of hydrogen-bond donors (Lipinski definition) is 0. The number of aryl methyl sites for hydroxylation is 1. The smallest absolute Gasteiger partial charge is 0.178 e. The molecule has 0 spiro atoms. The van der Waals surface area contributed by atoms with Gasteiger partial charge >= 0.3 is 0 Å². The van der Waals surface area contributed by atoms with Crippen molar-refractivity contribution in [2.75, 3.05) is 44.4 Å². The number of imidazole rings is 1. The molecule has 2 aliphatic rings. The minimum absolute atomic E-state index is 0.666. The Balaban J connectivity index is 0.00000106. The van der Waals surface area contributed by atoms with Gasteiger partial charge in [0.25, 0.3) is 0 Å². The third-order valence-corrected chi connectivity index (χ3v) is 5.35. The van der Waals surface area contributed by atoms with E-state index < -0.39 is 0 Å². The van der Waals surface area contributed by atoms with Gasteiger partial charge < -0.3 is 14.4 Å². The third-order valence-electron chi connectivity index (χ3n) is 5.35. The van der Waals surface area contributed by atoms with Crippen molar-refractivity contribution in [3.05, 3.63) is 48.1 Å². The number of nitrogens with zero attached hydrogens (tertiary/aromatic N) is 5. The lowest BCUT2D eigenvalue weighted by molar-refractivity contribution is 0.123. The lowest BCUT2D eigenvalue weighted by Gasteiger charge is -2.28. The first-order chi connectivity index (χ1) is 14.8. The predicted molar refractivity (Wildman–Crippen MR) is 119 cm³/mol. The lowest BCUT2D eigenvalue weighted by atomic mass is 10.1. The molecule has 0 N–H and O–H groups in total. The van der Waals surface area contributed by atoms with Crippen LogP contribution in [0.5, 0.6) is 0 Å². The highest BCUT2D eigenvalue weighted by Crippen LogP contribution is 2.29. The van der Waals surface area contributed by atoms with Crippen LogP contribution in [0.3, 0.4) is 0 Å². The van der Waals surface area contributed by atoms with Crippen molar-refractivity contribution < 1.29 is 9.47 Å². The number of pyridine rings is 1. The number of aromatic nitrogens is 4. The van der Waals surface area contributed by atoms with E-state index in [4.69, 9.17) is 19.4 Å². The SMILES string of the molecule is CC.Cc1nc2c(N3CCOCC3)ccnn2c1-c1ccc(C2=CCOCC2)nc1. The van der Waals surface area contributed by atoms with Gasteiger partial charge in [0.05, 0.1) is 55.4 Å². The summed E-state index contributed by atoms with van der Waals surface area (Å²) in [6.07, 6.45) is 6.79. The molecule has 0 bridgehead atoms. The van der Waals surface area contributed by atoms with Gasteiger partial charge in [0.2, 0.25) is 0 Å². The number of morpholine rings is 1. The van der Waals surface area contributed by atoms with Crippen LogP contribution in [0.15, 0.2) is 36.7 Å². The number of fused-ring (bicyclic) bond motifs is 1. The molecule has 0 atom stereocenters. The molecule has 0 amide bonds. The minimum atomic E-state index is 0.666. The Morgan fingerprint density at radius 2 is 1.83 bits per heavy atom. The van der Waals surface area contributed by atoms with Crippen molar-refractivity contribution in [1.29, 1.82) is 0 Å². The largest absolute Gasteiger partial charge is 0.378 e. The van der Waals surface area contributed by atoms with Crippen molar-refractivity contribution in [3.63, 3.8) is 0 Å². The molecule has 7 heteroatoms. The maximum atomic E-state index is 5.49. The first-order valence-corrected chi connectivity index (χ1v) is 10.7. The van der Waals surface area contributed by atoms with Crippen LogP contribution < -0.4 is 4.90 Å². The molecule has 3 aromatic heterocycles. The first-order valence-electron chi connectivity index (χ1n) is 10.7. The van der Waals surface area contributed by atoms with Gasteiger partial charge in [-0.15, -0.1) is 0 Å². The van der Waals surface area contributed by atoms with Gasteiger partial charge in [0.1, 0.15) is 0 Å². The van der Waals surface area contributed by atoms with Crippen molar-refractivity contribution in [2.45, 2.75) is 27.2 Å². The molecule has 5 rings (SSSR count). The van der Waals surface area contributed by atoms with Gasteiger partial charge in [-0.3, -0.25) is 4.98 Å². The molecule has 2 aliphatic heterocycles. The Bertz CT molecular complexity index is 1020. The summed E-state index contributed by atoms with van der Waals surface area (Å²) in [5, 5.41) is 4.59. The second-order valence-electron chi connectivity index (χ2n) is 7.08. The van der Waals surface area contributed by atoms with Gasteiger partial charge in [0.15, 0.2) is 5.65 Å². The molecule has 0 aromatic carbocycles. The van der Waals surface area contributed by atoms with Crippen LogP contribution in [-0.2, 0) is 9.47 Å². The summed E-state index contributed by atoms with van der Waals surface area (Å²) in [6.45, 7) is 10.7. The van der Waals surface area contributed by atoms with Gasteiger partial charge in [-0.25, -0.2) is 9.50 Å². The minimum Gasteiger partial charge on any atom is -0.378 e. The van der Waals surface area contributed by atoms with E-state index in [-0.39, 0.29) is 0 Å². The molecule has 30 heavy (non-hydrogen) atoms. The van der Waals surface area contributed by atoms with Crippen LogP contribution in [-0.4, -0.2) is 59.1 Å². The van der Waals surface area contributed by atoms with Gasteiger partial charge in [-0.1, -0.05) is 19.9 Å². The van der Waals surface area contributed by atoms with Crippen LogP contribution in [0.1, 0.15) is 31.7 Å². The summed E-state index contributed by atoms with van der Waals surface area (Å²) in [5.41, 5.74) is 7.21. The molecule has 5 heterocycles. The summed E-state index contributed by atoms with van der Waals surface area (Å²) in [4.78, 5) is 11.9. The molecular formula is C23H29N5O2. The van der Waals surface area contributed by atoms with Gasteiger partial charge in [0, 0.05) is 24.8 Å². The monoisotopic (exact) mass is 407 g/mol. The maximum absolute atomic E-state index is 5.49. The second-order valence-corrected chi connectivity index (χ2v) is 7.08. The topological polar surface area (TPSA) is 64.8 Å². The zero-order chi connectivity index (χ0) is 20.9. The van der Waals surface area contributed by atoms with E-state index in [1.54, 1.807) is 0 Å². The molecule has 0 unspecified atom stereocenters. The molecule has 7 nitrogen and oxygen atoms in total. The average Bonchev–Trinajstić information content (AvgIpc) is 3.17. The number of anilines is 1. The Kier molecular flexibility index (Phi) is 6.40. The highest BCUT2D eigenvalue weighted by atomic mass is 16.5. The number of hydrogen-bond acceptors (Lipinski definition) is 6. The average molecular weight is 408 g/mol. The van der Waals surface area contributed by atoms with Gasteiger partial charge in [-0.05, 0) is 37.1 Å². The Morgan fingerprint density at radius 3 is 2.53 bits per heavy atom. The van der Waals surface area contributed by atoms with Crippen LogP contribution >= 0.6 is 0 Å². The van der Waals surface area contributed by atoms with E-state index in [0.717, 1.165) is 73.3 Å². The first kappa shape index (κ1) is 20.5. The fourth-order valence-electron chi connectivity index (χ4n) is 3.91. The van der Waals surface area contributed by atoms with Crippen LogP contribution in [0, 0.1) is 6.92 Å². The fraction of sp³-hybridized carbons (Fsp3) is 0.435. The highest BCUT2D eigenvalue weighted by molar-refractivity contribution is 5.75. The standard InChI is InChI=1S/C21H23N5O2.C2H6/c1-15-20(17-2-3-18(22-14-17)16-5-10-27-11-6-16)26-21(24-15)19(4-7-23-26)25-8-12-28-13-9-25;1-2/h2-5,7,14H,6,8-13H2,1H3;1-2H3. The molecular weight excluding hydrogens is 378 g/mol. The molecule has 158 valence electrons. The zero-order valence-corrected chi connectivity index (χ0v) is 18.0. The van der Waals surface area contributed by atoms with Crippen LogP contribution in [0.2, 0.25) is 0 Å². The molecule has 3 aromatic rings. The van der Waals surface area contributed by atoms with E-state index in [0.29, 0.717) is 6.61 Å². The lowest BCUT2D eigenvalue weighted by Crippen LogP contribution is -2.36. The Labute approximate surface area is 177 Å². The zero-order valence-electron chi connectivity index (χ0n) is 18.0. The van der Waals surface area contributed by atoms with Crippen LogP contribution in [0.25, 0.3) is 22.5 Å². The van der Waals surface area contributed by atoms with Crippen molar-refractivity contribution in [3.8, 4) is 11.3 Å². The quantitative estimate of drug-likeness (QED) is 0.659. The van der Waals surface area contributed by atoms with E-state index in [9.17, 15) is 0 Å². The predicted octanol–water partition coefficient (Wildman–Crippen LogP) is 3.77. The fourth-order valence-corrected chi connectivity index (χ4v) is 3.91. The van der Waals surface area contributed by atoms with E-state index in [1.165, 1.54) is 5.57 Å². The summed E-state index contributed by atoms with van der Waals surface area (Å²) in [5.74, 6) is 0. The van der Waals surface area contributed by atoms with Crippen molar-refractivity contribution in [1.82, 2.24) is 19.6 Å². The summed E-state index contributed by atoms with van der Waals surface area (Å²) < 4.78 is 12.8. The Morgan fingerprint density at radius 1 is 1.00 bits per heavy atom. The van der Waals surface area contributed by atoms with Crippen molar-refractivity contribution >= 4 is 16.9 Å². The van der Waals surface area contributed by atoms with Gasteiger partial charge in [-0.2, -0.15) is 5.10 Å². The Hall–Kier alpha value is -2.77. The maximum Gasteiger partial charge on any atom is 0.178 e. The number of ether oxygens (including phenoxy) is 2. The summed E-state index contributed by atoms with van der Waals surface area (Å²) >= 11 is 0. The molecule has 1 fully saturated rings. The molecule has 1 saturated heterocycles. The normalized spacial score (nSPS) is 16.8. The highest BCUT2D eigenvalue weighted by Gasteiger charge is 2.20. The van der Waals surface area contributed by atoms with Crippen LogP contribution in [0.4, 0.5) is 5.69 Å². The third kappa shape index (κ3) is 3.95. The molecule has 0 radical (unpaired) electrons. The number of rotatable bonds is 3. The molecule has 0 saturated carbocycles. The van der Waals surface area contributed by atoms with E-state index in [1.807, 2.05) is 43.7 Å². The van der Waals surface area contributed by atoms with E-state index >= 15 is 0 Å². The van der Waals surface area contributed by atoms with E-state index in [2.05, 4.69) is 28.2 Å². The van der Waals surface area contributed by atoms with Crippen molar-refractivity contribution in [2.24, 2.45) is 0 Å². The molecule has 0 aliphatic carbocycles. The summed E-state index contributed by atoms with van der Waals surface area (Å²) in [7, 11) is 0. The summed E-state index contributed by atoms with van der Waals surface area (Å²) in [6, 6.07) is 6.23.